The summed E-state index contributed by atoms with van der Waals surface area (Å²) in [5, 5.41) is 4.92. The number of aromatic nitrogens is 1. The van der Waals surface area contributed by atoms with Crippen molar-refractivity contribution in [1.29, 1.82) is 0 Å². The third kappa shape index (κ3) is 5.18. The molecule has 0 saturated heterocycles. The normalized spacial score (nSPS) is 10.7. The number of rotatable bonds is 7. The summed E-state index contributed by atoms with van der Waals surface area (Å²) in [6.45, 7) is 0.0788. The van der Waals surface area contributed by atoms with Crippen LogP contribution in [0.3, 0.4) is 0 Å². The van der Waals surface area contributed by atoms with E-state index in [0.29, 0.717) is 28.3 Å². The van der Waals surface area contributed by atoms with Crippen molar-refractivity contribution >= 4 is 45.6 Å². The SMILES string of the molecule is C#CCOc1c(/C=N\NC(=O)c2cc(-c3ccccc3)nc3ccccc23)cc(I)cc1OC. The maximum Gasteiger partial charge on any atom is 0.272 e. The van der Waals surface area contributed by atoms with E-state index in [4.69, 9.17) is 20.9 Å². The third-order valence-corrected chi connectivity index (χ3v) is 5.59. The molecule has 4 rings (SSSR count). The maximum atomic E-state index is 13.1. The Morgan fingerprint density at radius 3 is 2.68 bits per heavy atom. The molecule has 0 aliphatic heterocycles. The Hall–Kier alpha value is -3.90. The molecule has 34 heavy (non-hydrogen) atoms. The van der Waals surface area contributed by atoms with E-state index in [1.54, 1.807) is 13.2 Å². The Bertz CT molecular complexity index is 1410. The molecule has 6 nitrogen and oxygen atoms in total. The minimum Gasteiger partial charge on any atom is -0.493 e. The quantitative estimate of drug-likeness (QED) is 0.144. The van der Waals surface area contributed by atoms with E-state index in [0.717, 1.165) is 20.0 Å². The fourth-order valence-electron chi connectivity index (χ4n) is 3.45. The number of hydrogen-bond donors (Lipinski definition) is 1. The summed E-state index contributed by atoms with van der Waals surface area (Å²) in [4.78, 5) is 17.9. The number of terminal acetylenes is 1. The van der Waals surface area contributed by atoms with Crippen LogP contribution in [0.15, 0.2) is 77.9 Å². The highest BCUT2D eigenvalue weighted by Gasteiger charge is 2.15. The number of carbonyl (C=O) groups is 1. The molecule has 7 heteroatoms. The predicted molar refractivity (Wildman–Crippen MR) is 142 cm³/mol. The minimum atomic E-state index is -0.351. The topological polar surface area (TPSA) is 72.8 Å². The number of halogens is 1. The average Bonchev–Trinajstić information content (AvgIpc) is 2.87. The van der Waals surface area contributed by atoms with Gasteiger partial charge in [0.15, 0.2) is 11.5 Å². The van der Waals surface area contributed by atoms with Gasteiger partial charge in [0.2, 0.25) is 0 Å². The Morgan fingerprint density at radius 1 is 1.15 bits per heavy atom. The number of benzene rings is 3. The molecule has 168 valence electrons. The van der Waals surface area contributed by atoms with Crippen molar-refractivity contribution in [3.63, 3.8) is 0 Å². The van der Waals surface area contributed by atoms with Crippen molar-refractivity contribution < 1.29 is 14.3 Å². The fraction of sp³-hybridized carbons (Fsp3) is 0.0741. The molecule has 1 amide bonds. The first kappa shape index (κ1) is 23.3. The molecular formula is C27H20IN3O3. The van der Waals surface area contributed by atoms with Gasteiger partial charge in [0, 0.05) is 20.1 Å². The van der Waals surface area contributed by atoms with Gasteiger partial charge in [-0.15, -0.1) is 6.42 Å². The van der Waals surface area contributed by atoms with Gasteiger partial charge in [-0.25, -0.2) is 10.4 Å². The van der Waals surface area contributed by atoms with Crippen LogP contribution in [0.2, 0.25) is 0 Å². The number of amides is 1. The molecule has 0 atom stereocenters. The summed E-state index contributed by atoms with van der Waals surface area (Å²) in [6, 6.07) is 22.7. The van der Waals surface area contributed by atoms with Crippen molar-refractivity contribution in [2.45, 2.75) is 0 Å². The summed E-state index contributed by atoms with van der Waals surface area (Å²) in [6.07, 6.45) is 6.85. The lowest BCUT2D eigenvalue weighted by atomic mass is 10.0. The highest BCUT2D eigenvalue weighted by molar-refractivity contribution is 14.1. The average molecular weight is 561 g/mol. The summed E-state index contributed by atoms with van der Waals surface area (Å²) in [5.41, 5.74) is 6.09. The van der Waals surface area contributed by atoms with Crippen LogP contribution in [-0.4, -0.2) is 30.8 Å². The number of fused-ring (bicyclic) bond motifs is 1. The van der Waals surface area contributed by atoms with Gasteiger partial charge < -0.3 is 9.47 Å². The summed E-state index contributed by atoms with van der Waals surface area (Å²) >= 11 is 2.17. The highest BCUT2D eigenvalue weighted by Crippen LogP contribution is 2.32. The van der Waals surface area contributed by atoms with Crippen LogP contribution in [-0.2, 0) is 0 Å². The molecule has 0 fully saturated rings. The van der Waals surface area contributed by atoms with E-state index in [1.165, 1.54) is 6.21 Å². The van der Waals surface area contributed by atoms with Crippen LogP contribution >= 0.6 is 22.6 Å². The Balaban J connectivity index is 1.66. The Kier molecular flexibility index (Phi) is 7.40. The van der Waals surface area contributed by atoms with Gasteiger partial charge in [-0.05, 0) is 46.9 Å². The van der Waals surface area contributed by atoms with Crippen molar-refractivity contribution in [3.05, 3.63) is 87.5 Å². The lowest BCUT2D eigenvalue weighted by Crippen LogP contribution is -2.18. The van der Waals surface area contributed by atoms with Crippen molar-refractivity contribution in [1.82, 2.24) is 10.4 Å². The van der Waals surface area contributed by atoms with E-state index in [-0.39, 0.29) is 12.5 Å². The number of hydrazone groups is 1. The van der Waals surface area contributed by atoms with Gasteiger partial charge in [-0.3, -0.25) is 4.79 Å². The number of hydrogen-bond acceptors (Lipinski definition) is 5. The molecule has 0 radical (unpaired) electrons. The van der Waals surface area contributed by atoms with E-state index in [2.05, 4.69) is 39.0 Å². The number of para-hydroxylation sites is 1. The highest BCUT2D eigenvalue weighted by atomic mass is 127. The van der Waals surface area contributed by atoms with E-state index < -0.39 is 0 Å². The third-order valence-electron chi connectivity index (χ3n) is 4.97. The Labute approximate surface area is 211 Å². The molecule has 3 aromatic carbocycles. The number of methoxy groups -OCH3 is 1. The second-order valence-corrected chi connectivity index (χ2v) is 8.40. The zero-order valence-corrected chi connectivity index (χ0v) is 20.4. The summed E-state index contributed by atoms with van der Waals surface area (Å²) < 4.78 is 12.0. The number of carbonyl (C=O) groups excluding carboxylic acids is 1. The second-order valence-electron chi connectivity index (χ2n) is 7.16. The summed E-state index contributed by atoms with van der Waals surface area (Å²) in [5.74, 6) is 3.08. The van der Waals surface area contributed by atoms with Crippen molar-refractivity contribution in [2.24, 2.45) is 5.10 Å². The lowest BCUT2D eigenvalue weighted by molar-refractivity contribution is 0.0956. The number of ether oxygens (including phenoxy) is 2. The molecule has 0 saturated carbocycles. The van der Waals surface area contributed by atoms with Gasteiger partial charge in [0.1, 0.15) is 6.61 Å². The zero-order valence-electron chi connectivity index (χ0n) is 18.3. The van der Waals surface area contributed by atoms with Crippen LogP contribution in [0, 0.1) is 15.9 Å². The molecule has 0 aliphatic rings. The van der Waals surface area contributed by atoms with Gasteiger partial charge >= 0.3 is 0 Å². The predicted octanol–water partition coefficient (Wildman–Crippen LogP) is 5.29. The Morgan fingerprint density at radius 2 is 1.91 bits per heavy atom. The van der Waals surface area contributed by atoms with Gasteiger partial charge in [0.25, 0.3) is 5.91 Å². The van der Waals surface area contributed by atoms with E-state index in [1.807, 2.05) is 66.7 Å². The minimum absolute atomic E-state index is 0.0788. The van der Waals surface area contributed by atoms with E-state index in [9.17, 15) is 4.79 Å². The molecule has 1 heterocycles. The first-order valence-electron chi connectivity index (χ1n) is 10.3. The molecule has 0 unspecified atom stereocenters. The fourth-order valence-corrected chi connectivity index (χ4v) is 4.06. The van der Waals surface area contributed by atoms with Gasteiger partial charge in [-0.1, -0.05) is 54.5 Å². The molecule has 0 aliphatic carbocycles. The first-order chi connectivity index (χ1) is 16.6. The van der Waals surface area contributed by atoms with Crippen LogP contribution in [0.5, 0.6) is 11.5 Å². The van der Waals surface area contributed by atoms with Crippen LogP contribution < -0.4 is 14.9 Å². The van der Waals surface area contributed by atoms with E-state index >= 15 is 0 Å². The maximum absolute atomic E-state index is 13.1. The monoisotopic (exact) mass is 561 g/mol. The van der Waals surface area contributed by atoms with Gasteiger partial charge in [-0.2, -0.15) is 5.10 Å². The molecule has 1 aromatic heterocycles. The molecule has 0 spiro atoms. The largest absolute Gasteiger partial charge is 0.493 e. The zero-order chi connectivity index (χ0) is 23.9. The van der Waals surface area contributed by atoms with Crippen molar-refractivity contribution in [2.75, 3.05) is 13.7 Å². The first-order valence-corrected chi connectivity index (χ1v) is 11.4. The number of nitrogens with one attached hydrogen (secondary N) is 1. The molecule has 4 aromatic rings. The summed E-state index contributed by atoms with van der Waals surface area (Å²) in [7, 11) is 1.55. The second kappa shape index (κ2) is 10.8. The molecular weight excluding hydrogens is 541 g/mol. The van der Waals surface area contributed by atoms with Gasteiger partial charge in [0.05, 0.1) is 30.1 Å². The van der Waals surface area contributed by atoms with Crippen LogP contribution in [0.4, 0.5) is 0 Å². The number of nitrogens with zero attached hydrogens (tertiary/aromatic N) is 2. The standard InChI is InChI=1S/C27H20IN3O3/c1-3-13-34-26-19(14-20(28)15-25(26)33-2)17-29-31-27(32)22-16-24(18-9-5-4-6-10-18)30-23-12-8-7-11-21(22)23/h1,4-12,14-17H,13H2,2H3,(H,31,32)/b29-17-. The smallest absolute Gasteiger partial charge is 0.272 e. The lowest BCUT2D eigenvalue weighted by Gasteiger charge is -2.12. The van der Waals surface area contributed by atoms with Crippen LogP contribution in [0.1, 0.15) is 15.9 Å². The van der Waals surface area contributed by atoms with Crippen LogP contribution in [0.25, 0.3) is 22.2 Å². The number of pyridine rings is 1. The molecule has 0 bridgehead atoms. The molecule has 1 N–H and O–H groups in total. The van der Waals surface area contributed by atoms with Crippen molar-refractivity contribution in [3.8, 4) is 35.1 Å².